The predicted molar refractivity (Wildman–Crippen MR) is 94.6 cm³/mol. The highest BCUT2D eigenvalue weighted by Gasteiger charge is 2.39. The summed E-state index contributed by atoms with van der Waals surface area (Å²) in [6, 6.07) is 5.00. The third-order valence-electron chi connectivity index (χ3n) is 4.32. The van der Waals surface area contributed by atoms with Crippen molar-refractivity contribution in [1.82, 2.24) is 9.80 Å². The molecule has 132 valence electrons. The van der Waals surface area contributed by atoms with Gasteiger partial charge in [0.2, 0.25) is 0 Å². The summed E-state index contributed by atoms with van der Waals surface area (Å²) in [7, 11) is 1.55. The summed E-state index contributed by atoms with van der Waals surface area (Å²) in [5.74, 6) is 0.484. The zero-order chi connectivity index (χ0) is 18.1. The number of nitrogens with zero attached hydrogens (tertiary/aromatic N) is 2. The summed E-state index contributed by atoms with van der Waals surface area (Å²) in [6.07, 6.45) is -0.940. The second-order valence-electron chi connectivity index (χ2n) is 6.95. The van der Waals surface area contributed by atoms with E-state index in [1.807, 2.05) is 20.8 Å². The molecule has 0 aliphatic carbocycles. The van der Waals surface area contributed by atoms with E-state index in [9.17, 15) is 14.7 Å². The molecular weight excluding hydrogens is 376 g/mol. The van der Waals surface area contributed by atoms with Crippen molar-refractivity contribution >= 4 is 27.9 Å². The minimum Gasteiger partial charge on any atom is -0.497 e. The van der Waals surface area contributed by atoms with Gasteiger partial charge in [-0.05, 0) is 39.5 Å². The minimum atomic E-state index is -0.940. The summed E-state index contributed by atoms with van der Waals surface area (Å²) in [5, 5.41) is 9.42. The lowest BCUT2D eigenvalue weighted by molar-refractivity contribution is 0.0197. The van der Waals surface area contributed by atoms with Gasteiger partial charge < -0.3 is 19.6 Å². The van der Waals surface area contributed by atoms with Crippen LogP contribution in [0.15, 0.2) is 22.7 Å². The van der Waals surface area contributed by atoms with Gasteiger partial charge in [0.25, 0.3) is 5.91 Å². The second-order valence-corrected chi connectivity index (χ2v) is 7.81. The lowest BCUT2D eigenvalue weighted by Gasteiger charge is -2.46. The van der Waals surface area contributed by atoms with Crippen LogP contribution < -0.4 is 4.74 Å². The molecule has 1 aliphatic rings. The van der Waals surface area contributed by atoms with Crippen molar-refractivity contribution in [3.8, 4) is 5.75 Å². The summed E-state index contributed by atoms with van der Waals surface area (Å²) in [4.78, 5) is 27.6. The number of methoxy groups -OCH3 is 1. The first-order valence-corrected chi connectivity index (χ1v) is 8.57. The quantitative estimate of drug-likeness (QED) is 0.829. The van der Waals surface area contributed by atoms with Crippen molar-refractivity contribution in [2.24, 2.45) is 5.41 Å². The van der Waals surface area contributed by atoms with Gasteiger partial charge in [-0.25, -0.2) is 4.79 Å². The fourth-order valence-electron chi connectivity index (χ4n) is 2.90. The number of carbonyl (C=O) groups is 2. The van der Waals surface area contributed by atoms with Crippen molar-refractivity contribution in [3.05, 3.63) is 28.2 Å². The standard InChI is InChI=1S/C17H23BrN2O4/c1-17(2,3)14-10-19(7-8-20(14)16(22)23)15(21)12-9-11(24-4)5-6-13(12)18/h5-6,9,14H,7-8,10H2,1-4H3,(H,22,23). The molecule has 24 heavy (non-hydrogen) atoms. The molecule has 0 bridgehead atoms. The molecule has 7 heteroatoms. The van der Waals surface area contributed by atoms with Gasteiger partial charge in [0, 0.05) is 24.1 Å². The average molecular weight is 399 g/mol. The van der Waals surface area contributed by atoms with Crippen LogP contribution in [-0.4, -0.2) is 59.7 Å². The molecule has 1 fully saturated rings. The Kier molecular flexibility index (Phi) is 5.42. The van der Waals surface area contributed by atoms with E-state index in [-0.39, 0.29) is 17.4 Å². The van der Waals surface area contributed by atoms with Crippen LogP contribution in [0, 0.1) is 5.41 Å². The van der Waals surface area contributed by atoms with Crippen LogP contribution in [0.3, 0.4) is 0 Å². The highest BCUT2D eigenvalue weighted by molar-refractivity contribution is 9.10. The van der Waals surface area contributed by atoms with Crippen molar-refractivity contribution in [3.63, 3.8) is 0 Å². The molecule has 1 atom stereocenters. The van der Waals surface area contributed by atoms with Gasteiger partial charge in [-0.3, -0.25) is 4.79 Å². The van der Waals surface area contributed by atoms with Crippen LogP contribution >= 0.6 is 15.9 Å². The molecule has 1 aromatic carbocycles. The molecule has 1 saturated heterocycles. The number of hydrogen-bond acceptors (Lipinski definition) is 3. The number of amides is 2. The molecule has 1 unspecified atom stereocenters. The molecule has 0 saturated carbocycles. The topological polar surface area (TPSA) is 70.1 Å². The van der Waals surface area contributed by atoms with Gasteiger partial charge in [-0.15, -0.1) is 0 Å². The van der Waals surface area contributed by atoms with E-state index < -0.39 is 6.09 Å². The van der Waals surface area contributed by atoms with Crippen molar-refractivity contribution in [1.29, 1.82) is 0 Å². The number of rotatable bonds is 2. The SMILES string of the molecule is COc1ccc(Br)c(C(=O)N2CCN(C(=O)O)C(C(C)(C)C)C2)c1. The van der Waals surface area contributed by atoms with Crippen molar-refractivity contribution < 1.29 is 19.4 Å². The molecule has 0 radical (unpaired) electrons. The highest BCUT2D eigenvalue weighted by Crippen LogP contribution is 2.30. The molecule has 2 rings (SSSR count). The van der Waals surface area contributed by atoms with E-state index in [0.29, 0.717) is 35.4 Å². The van der Waals surface area contributed by atoms with E-state index >= 15 is 0 Å². The minimum absolute atomic E-state index is 0.125. The number of carboxylic acid groups (broad SMARTS) is 1. The largest absolute Gasteiger partial charge is 0.497 e. The third kappa shape index (κ3) is 3.83. The van der Waals surface area contributed by atoms with E-state index in [1.54, 1.807) is 30.2 Å². The molecular formula is C17H23BrN2O4. The Bertz CT molecular complexity index is 642. The first-order chi connectivity index (χ1) is 11.1. The number of carbonyl (C=O) groups excluding carboxylic acids is 1. The first-order valence-electron chi connectivity index (χ1n) is 7.77. The van der Waals surface area contributed by atoms with Crippen molar-refractivity contribution in [2.75, 3.05) is 26.7 Å². The van der Waals surface area contributed by atoms with Gasteiger partial charge in [0.15, 0.2) is 0 Å². The van der Waals surface area contributed by atoms with Crippen LogP contribution in [0.5, 0.6) is 5.75 Å². The molecule has 1 N–H and O–H groups in total. The Morgan fingerprint density at radius 2 is 1.96 bits per heavy atom. The maximum Gasteiger partial charge on any atom is 0.407 e. The van der Waals surface area contributed by atoms with Gasteiger partial charge >= 0.3 is 6.09 Å². The predicted octanol–water partition coefficient (Wildman–Crippen LogP) is 3.31. The molecule has 0 spiro atoms. The van der Waals surface area contributed by atoms with Gasteiger partial charge in [-0.1, -0.05) is 20.8 Å². The molecule has 1 aliphatic heterocycles. The zero-order valence-electron chi connectivity index (χ0n) is 14.4. The zero-order valence-corrected chi connectivity index (χ0v) is 16.0. The van der Waals surface area contributed by atoms with Crippen molar-refractivity contribution in [2.45, 2.75) is 26.8 Å². The van der Waals surface area contributed by atoms with Crippen LogP contribution in [0.25, 0.3) is 0 Å². The van der Waals surface area contributed by atoms with Gasteiger partial charge in [-0.2, -0.15) is 0 Å². The Morgan fingerprint density at radius 1 is 1.29 bits per heavy atom. The number of benzene rings is 1. The summed E-state index contributed by atoms with van der Waals surface area (Å²) in [5.41, 5.74) is 0.258. The second kappa shape index (κ2) is 7.01. The molecule has 1 aromatic rings. The Labute approximate surface area is 150 Å². The first kappa shape index (κ1) is 18.6. The Morgan fingerprint density at radius 3 is 2.50 bits per heavy atom. The number of halogens is 1. The van der Waals surface area contributed by atoms with Crippen LogP contribution in [0.4, 0.5) is 4.79 Å². The molecule has 1 heterocycles. The monoisotopic (exact) mass is 398 g/mol. The lowest BCUT2D eigenvalue weighted by atomic mass is 9.84. The summed E-state index contributed by atoms with van der Waals surface area (Å²) < 4.78 is 5.89. The highest BCUT2D eigenvalue weighted by atomic mass is 79.9. The van der Waals surface area contributed by atoms with Crippen LogP contribution in [-0.2, 0) is 0 Å². The Hall–Kier alpha value is -1.76. The van der Waals surface area contributed by atoms with Crippen LogP contribution in [0.2, 0.25) is 0 Å². The number of ether oxygens (including phenoxy) is 1. The average Bonchev–Trinajstić information content (AvgIpc) is 2.53. The van der Waals surface area contributed by atoms with E-state index in [4.69, 9.17) is 4.74 Å². The normalized spacial score (nSPS) is 18.5. The fraction of sp³-hybridized carbons (Fsp3) is 0.529. The molecule has 0 aromatic heterocycles. The van der Waals surface area contributed by atoms with E-state index in [2.05, 4.69) is 15.9 Å². The fourth-order valence-corrected chi connectivity index (χ4v) is 3.32. The number of hydrogen-bond donors (Lipinski definition) is 1. The maximum atomic E-state index is 12.9. The lowest BCUT2D eigenvalue weighted by Crippen LogP contribution is -2.60. The number of piperazine rings is 1. The maximum absolute atomic E-state index is 12.9. The van der Waals surface area contributed by atoms with Gasteiger partial charge in [0.05, 0.1) is 18.7 Å². The van der Waals surface area contributed by atoms with Gasteiger partial charge in [0.1, 0.15) is 5.75 Å². The third-order valence-corrected chi connectivity index (χ3v) is 5.01. The Balaban J connectivity index is 2.27. The smallest absolute Gasteiger partial charge is 0.407 e. The van der Waals surface area contributed by atoms with E-state index in [1.165, 1.54) is 4.90 Å². The van der Waals surface area contributed by atoms with E-state index in [0.717, 1.165) is 0 Å². The molecule has 6 nitrogen and oxygen atoms in total. The summed E-state index contributed by atoms with van der Waals surface area (Å²) >= 11 is 3.41. The molecule has 2 amide bonds. The summed E-state index contributed by atoms with van der Waals surface area (Å²) in [6.45, 7) is 7.03. The van der Waals surface area contributed by atoms with Crippen LogP contribution in [0.1, 0.15) is 31.1 Å².